The third kappa shape index (κ3) is 3.62. The van der Waals surface area contributed by atoms with Crippen molar-refractivity contribution in [3.63, 3.8) is 0 Å². The summed E-state index contributed by atoms with van der Waals surface area (Å²) in [5, 5.41) is 15.4. The second kappa shape index (κ2) is 6.21. The van der Waals surface area contributed by atoms with Crippen LogP contribution in [0.5, 0.6) is 0 Å². The van der Waals surface area contributed by atoms with Gasteiger partial charge >= 0.3 is 5.97 Å². The Morgan fingerprint density at radius 1 is 1.57 bits per heavy atom. The van der Waals surface area contributed by atoms with Crippen LogP contribution in [0.2, 0.25) is 0 Å². The molecule has 78 valence electrons. The van der Waals surface area contributed by atoms with E-state index in [0.29, 0.717) is 0 Å². The third-order valence-corrected chi connectivity index (χ3v) is 1.38. The Kier molecular flexibility index (Phi) is 5.64. The van der Waals surface area contributed by atoms with Crippen molar-refractivity contribution in [2.75, 3.05) is 0 Å². The van der Waals surface area contributed by atoms with Crippen molar-refractivity contribution in [2.45, 2.75) is 6.43 Å². The molecule has 0 amide bonds. The maximum absolute atomic E-state index is 12.0. The molecule has 0 spiro atoms. The van der Waals surface area contributed by atoms with Crippen molar-refractivity contribution >= 4 is 21.7 Å². The van der Waals surface area contributed by atoms with Crippen LogP contribution in [0.4, 0.5) is 8.78 Å². The smallest absolute Gasteiger partial charge is 0.343 e. The number of hydrogen-bond donors (Lipinski definition) is 2. The average molecular weight is 223 g/mol. The minimum absolute atomic E-state index is 0.682. The first-order valence-corrected chi connectivity index (χ1v) is 3.81. The summed E-state index contributed by atoms with van der Waals surface area (Å²) in [6, 6.07) is 0. The topological polar surface area (TPSA) is 70.4 Å². The van der Waals surface area contributed by atoms with Crippen molar-refractivity contribution in [1.29, 1.82) is 5.41 Å². The maximum Gasteiger partial charge on any atom is 0.343 e. The molecule has 0 aliphatic rings. The van der Waals surface area contributed by atoms with Gasteiger partial charge in [0, 0.05) is 6.21 Å². The van der Waals surface area contributed by atoms with Gasteiger partial charge in [-0.15, -0.1) is 0 Å². The molecule has 0 aromatic carbocycles. The minimum atomic E-state index is -3.16. The number of aliphatic hydroxyl groups excluding tert-OH is 1. The average Bonchev–Trinajstić information content (AvgIpc) is 2.17. The highest BCUT2D eigenvalue weighted by Crippen LogP contribution is 2.14. The first-order chi connectivity index (χ1) is 6.54. The van der Waals surface area contributed by atoms with Crippen LogP contribution in [0.1, 0.15) is 0 Å². The second-order valence-corrected chi connectivity index (χ2v) is 2.27. The van der Waals surface area contributed by atoms with Gasteiger partial charge in [0.2, 0.25) is 0 Å². The molecule has 0 radical (unpaired) electrons. The summed E-state index contributed by atoms with van der Waals surface area (Å²) in [4.78, 5) is 10.8. The van der Waals surface area contributed by atoms with Crippen LogP contribution in [-0.4, -0.2) is 23.7 Å². The molecule has 0 aliphatic heterocycles. The maximum atomic E-state index is 12.0. The Bertz CT molecular complexity index is 289. The monoisotopic (exact) mass is 223 g/mol. The quantitative estimate of drug-likeness (QED) is 0.250. The summed E-state index contributed by atoms with van der Waals surface area (Å²) in [7, 11) is 1.57. The highest BCUT2D eigenvalue weighted by molar-refractivity contribution is 7.10. The highest BCUT2D eigenvalue weighted by atomic mass is 31.0. The lowest BCUT2D eigenvalue weighted by molar-refractivity contribution is -0.129. The van der Waals surface area contributed by atoms with Gasteiger partial charge in [-0.25, -0.2) is 13.6 Å². The summed E-state index contributed by atoms with van der Waals surface area (Å²) in [5.74, 6) is -2.50. The molecule has 0 aliphatic carbocycles. The van der Waals surface area contributed by atoms with Gasteiger partial charge in [-0.1, -0.05) is 0 Å². The Hall–Kier alpha value is -1.29. The van der Waals surface area contributed by atoms with E-state index in [4.69, 9.17) is 10.5 Å². The van der Waals surface area contributed by atoms with E-state index in [1.807, 2.05) is 0 Å². The molecule has 0 aromatic heterocycles. The molecular formula is C7H8F2NO3P. The van der Waals surface area contributed by atoms with Gasteiger partial charge in [0.25, 0.3) is 6.43 Å². The van der Waals surface area contributed by atoms with Crippen LogP contribution in [0, 0.1) is 5.41 Å². The molecule has 0 rings (SSSR count). The van der Waals surface area contributed by atoms with E-state index in [1.165, 1.54) is 0 Å². The molecule has 0 saturated heterocycles. The first kappa shape index (κ1) is 12.7. The lowest BCUT2D eigenvalue weighted by Crippen LogP contribution is -2.08. The number of alkyl halides is 2. The molecular weight excluding hydrogens is 215 g/mol. The van der Waals surface area contributed by atoms with Gasteiger partial charge < -0.3 is 15.0 Å². The highest BCUT2D eigenvalue weighted by Gasteiger charge is 2.19. The van der Waals surface area contributed by atoms with E-state index in [0.717, 1.165) is 18.4 Å². The number of carbonyl (C=O) groups excluding carboxylic acids is 1. The molecule has 7 heteroatoms. The zero-order valence-electron chi connectivity index (χ0n) is 6.91. The van der Waals surface area contributed by atoms with E-state index >= 15 is 0 Å². The fourth-order valence-corrected chi connectivity index (χ4v) is 0.710. The van der Waals surface area contributed by atoms with Gasteiger partial charge in [-0.3, -0.25) is 0 Å². The summed E-state index contributed by atoms with van der Waals surface area (Å²) >= 11 is 0. The number of halogens is 2. The number of aliphatic hydroxyl groups is 1. The van der Waals surface area contributed by atoms with E-state index in [2.05, 4.69) is 4.52 Å². The Labute approximate surface area is 81.1 Å². The standard InChI is InChI=1S/C7H8F2NO3P/c8-6(9)5(11)4(2-1-3-10)7(12)13-14/h1-3,6,10-11H,14H2. The van der Waals surface area contributed by atoms with Gasteiger partial charge in [-0.2, -0.15) is 0 Å². The first-order valence-electron chi connectivity index (χ1n) is 3.34. The van der Waals surface area contributed by atoms with E-state index in [9.17, 15) is 13.6 Å². The van der Waals surface area contributed by atoms with Crippen LogP contribution in [0.15, 0.2) is 23.5 Å². The summed E-state index contributed by atoms with van der Waals surface area (Å²) in [6.07, 6.45) is -0.518. The molecule has 0 saturated carbocycles. The van der Waals surface area contributed by atoms with Crippen LogP contribution in [0.25, 0.3) is 0 Å². The number of nitrogens with one attached hydrogen (secondary N) is 1. The molecule has 0 aromatic rings. The molecule has 0 heterocycles. The van der Waals surface area contributed by atoms with Crippen LogP contribution in [-0.2, 0) is 9.32 Å². The van der Waals surface area contributed by atoms with Crippen molar-refractivity contribution in [1.82, 2.24) is 0 Å². The second-order valence-electron chi connectivity index (χ2n) is 2.03. The van der Waals surface area contributed by atoms with Crippen LogP contribution in [0.3, 0.4) is 0 Å². The minimum Gasteiger partial charge on any atom is -0.506 e. The van der Waals surface area contributed by atoms with Crippen LogP contribution >= 0.6 is 9.47 Å². The lowest BCUT2D eigenvalue weighted by atomic mass is 10.2. The lowest BCUT2D eigenvalue weighted by Gasteiger charge is -2.03. The molecule has 0 fully saturated rings. The van der Waals surface area contributed by atoms with Crippen LogP contribution < -0.4 is 0 Å². The van der Waals surface area contributed by atoms with E-state index in [-0.39, 0.29) is 0 Å². The molecule has 4 nitrogen and oxygen atoms in total. The fraction of sp³-hybridized carbons (Fsp3) is 0.143. The number of carbonyl (C=O) groups is 1. The SMILES string of the molecule is N=CC=CC(C(=O)OP)=C(O)C(F)F. The van der Waals surface area contributed by atoms with Gasteiger partial charge in [-0.05, 0) is 12.2 Å². The largest absolute Gasteiger partial charge is 0.506 e. The van der Waals surface area contributed by atoms with E-state index in [1.54, 1.807) is 9.47 Å². The molecule has 14 heavy (non-hydrogen) atoms. The Morgan fingerprint density at radius 2 is 2.14 bits per heavy atom. The Balaban J connectivity index is 5.07. The van der Waals surface area contributed by atoms with Crippen molar-refractivity contribution in [3.8, 4) is 0 Å². The predicted molar refractivity (Wildman–Crippen MR) is 49.4 cm³/mol. The number of hydrogen-bond acceptors (Lipinski definition) is 4. The summed E-state index contributed by atoms with van der Waals surface area (Å²) in [5.41, 5.74) is -0.682. The predicted octanol–water partition coefficient (Wildman–Crippen LogP) is 1.60. The summed E-state index contributed by atoms with van der Waals surface area (Å²) in [6.45, 7) is 0. The Morgan fingerprint density at radius 3 is 2.50 bits per heavy atom. The summed E-state index contributed by atoms with van der Waals surface area (Å²) < 4.78 is 28.1. The van der Waals surface area contributed by atoms with Gasteiger partial charge in [0.15, 0.2) is 5.76 Å². The van der Waals surface area contributed by atoms with Crippen molar-refractivity contribution in [3.05, 3.63) is 23.5 Å². The van der Waals surface area contributed by atoms with E-state index < -0.39 is 23.7 Å². The molecule has 1 atom stereocenters. The molecule has 2 N–H and O–H groups in total. The van der Waals surface area contributed by atoms with Crippen molar-refractivity contribution < 1.29 is 23.2 Å². The molecule has 0 bridgehead atoms. The van der Waals surface area contributed by atoms with Crippen molar-refractivity contribution in [2.24, 2.45) is 0 Å². The van der Waals surface area contributed by atoms with Gasteiger partial charge in [0.1, 0.15) is 5.57 Å². The third-order valence-electron chi connectivity index (χ3n) is 1.17. The zero-order chi connectivity index (χ0) is 11.1. The number of allylic oxidation sites excluding steroid dienone is 2. The molecule has 1 unspecified atom stereocenters. The zero-order valence-corrected chi connectivity index (χ0v) is 8.06. The van der Waals surface area contributed by atoms with Gasteiger partial charge in [0.05, 0.1) is 9.47 Å². The number of rotatable bonds is 4. The fourth-order valence-electron chi connectivity index (χ4n) is 0.583. The normalized spacial score (nSPS) is 12.9.